The molecule has 0 bridgehead atoms. The molecule has 7 rings (SSSR count). The van der Waals surface area contributed by atoms with Crippen LogP contribution in [0.2, 0.25) is 0 Å². The first kappa shape index (κ1) is 72.4. The number of phenols is 1. The van der Waals surface area contributed by atoms with E-state index in [1.54, 1.807) is 55.6 Å². The Morgan fingerprint density at radius 2 is 0.758 bits per heavy atom. The number of methoxy groups -OCH3 is 1. The first-order chi connectivity index (χ1) is 29.5. The second-order valence-electron chi connectivity index (χ2n) is 12.0. The zero-order chi connectivity index (χ0) is 44.8. The minimum absolute atomic E-state index is 0. The van der Waals surface area contributed by atoms with E-state index in [9.17, 15) is 15.3 Å². The van der Waals surface area contributed by atoms with Gasteiger partial charge in [0.15, 0.2) is 0 Å². The van der Waals surface area contributed by atoms with E-state index in [4.69, 9.17) is 34.6 Å². The summed E-state index contributed by atoms with van der Waals surface area (Å²) in [4.78, 5) is 0. The van der Waals surface area contributed by atoms with Crippen LogP contribution in [0, 0.1) is 0 Å². The number of halogens is 3. The van der Waals surface area contributed by atoms with Gasteiger partial charge >= 0.3 is 179 Å². The minimum Gasteiger partial charge on any atom is -0.872 e. The Hall–Kier alpha value is -0.181. The van der Waals surface area contributed by atoms with Crippen LogP contribution in [0.1, 0.15) is 29.7 Å². The van der Waals surface area contributed by atoms with Gasteiger partial charge < -0.3 is 55.4 Å². The quantitative estimate of drug-likeness (QED) is 0.131. The van der Waals surface area contributed by atoms with Crippen molar-refractivity contribution in [1.29, 1.82) is 0 Å². The van der Waals surface area contributed by atoms with Crippen LogP contribution >= 0.6 is 42.0 Å². The summed E-state index contributed by atoms with van der Waals surface area (Å²) in [6.45, 7) is -0.156. The molecule has 7 aromatic rings. The number of hydrogen-bond acceptors (Lipinski definition) is 11. The van der Waals surface area contributed by atoms with Gasteiger partial charge in [0, 0.05) is 21.1 Å². The van der Waals surface area contributed by atoms with Crippen LogP contribution in [0.4, 0.5) is 0 Å². The molecule has 0 atom stereocenters. The Kier molecular flexibility index (Phi) is 49.0. The molecule has 18 heteroatoms. The molecule has 0 aromatic heterocycles. The van der Waals surface area contributed by atoms with Gasteiger partial charge in [-0.2, -0.15) is 0 Å². The van der Waals surface area contributed by atoms with E-state index in [-0.39, 0.29) is 211 Å². The Bertz CT molecular complexity index is 2110. The van der Waals surface area contributed by atoms with Gasteiger partial charge in [-0.25, -0.2) is 0 Å². The number of rotatable bonds is 9. The molecule has 11 nitrogen and oxygen atoms in total. The van der Waals surface area contributed by atoms with Gasteiger partial charge in [0.05, 0.1) is 33.5 Å². The number of hydrogen-bond donors (Lipinski definition) is 5. The first-order valence-corrected chi connectivity index (χ1v) is 20.9. The zero-order valence-electron chi connectivity index (χ0n) is 36.2. The Morgan fingerprint density at radius 1 is 0.455 bits per heavy atom. The van der Waals surface area contributed by atoms with Gasteiger partial charge in [-0.05, 0) is 89.0 Å². The molecule has 66 heavy (non-hydrogen) atoms. The van der Waals surface area contributed by atoms with Crippen molar-refractivity contribution >= 4 is 42.0 Å². The van der Waals surface area contributed by atoms with Gasteiger partial charge in [-0.15, -0.1) is 11.5 Å². The van der Waals surface area contributed by atoms with Crippen LogP contribution in [-0.2, 0) is 41.5 Å². The van der Waals surface area contributed by atoms with E-state index < -0.39 is 0 Å². The van der Waals surface area contributed by atoms with E-state index in [0.717, 1.165) is 25.8 Å². The van der Waals surface area contributed by atoms with E-state index in [0.29, 0.717) is 34.1 Å². The van der Waals surface area contributed by atoms with E-state index in [1.165, 1.54) is 30.3 Å². The number of aromatic hydroxyl groups is 1. The standard InChI is InChI=1S/C20H18O4.3C7H8O2.C6H4Br2.CH4.ClH.Cu.3K.H2O/c1-22-16-6-3-8-18(12-16)24-20-10-4-9-19(13-20)23-17-7-2-5-15(11-17)14-21;3*8-5-6-2-1-3-7(9)4-6;7-5-2-1-3-6(8)4-5;;;;;;;/h2-13,21H,14H2,1H3;3*1-4,8-9H,5H2;1-4H;1H4;1H;;;;;1H2/q;;;;;;;4*+1;/p-4. The van der Waals surface area contributed by atoms with Crippen molar-refractivity contribution in [2.24, 2.45) is 0 Å². The summed E-state index contributed by atoms with van der Waals surface area (Å²) < 4.78 is 19.1. The van der Waals surface area contributed by atoms with Crippen molar-refractivity contribution < 1.29 is 225 Å². The average molecular weight is 1180 g/mol. The molecule has 6 N–H and O–H groups in total. The number of benzene rings is 7. The third kappa shape index (κ3) is 32.7. The van der Waals surface area contributed by atoms with Crippen molar-refractivity contribution in [2.45, 2.75) is 33.9 Å². The fraction of sp³-hybridized carbons (Fsp3) is 0.125. The summed E-state index contributed by atoms with van der Waals surface area (Å²) in [5, 5.41) is 64.7. The second kappa shape index (κ2) is 44.7. The summed E-state index contributed by atoms with van der Waals surface area (Å²) >= 11 is 10.3. The summed E-state index contributed by atoms with van der Waals surface area (Å²) in [6, 6.07) is 49.1. The molecular weight excluding hydrogens is 1130 g/mol. The normalized spacial score (nSPS) is 8.82. The van der Waals surface area contributed by atoms with Gasteiger partial charge in [-0.3, -0.25) is 0 Å². The minimum atomic E-state index is -0.0594. The van der Waals surface area contributed by atoms with E-state index in [1.807, 2.05) is 91.0 Å². The predicted octanol–water partition coefficient (Wildman–Crippen LogP) is 1.53. The third-order valence-electron chi connectivity index (χ3n) is 7.44. The monoisotopic (exact) mass is 1170 g/mol. The predicted molar refractivity (Wildman–Crippen MR) is 246 cm³/mol. The largest absolute Gasteiger partial charge is 1.00 e. The maximum Gasteiger partial charge on any atom is 1.00 e. The van der Waals surface area contributed by atoms with Crippen molar-refractivity contribution in [2.75, 3.05) is 7.11 Å². The molecule has 0 saturated heterocycles. The molecule has 7 aromatic carbocycles. The molecule has 0 aliphatic carbocycles. The maximum absolute atomic E-state index is 10.5. The molecule has 0 spiro atoms. The van der Waals surface area contributed by atoms with Gasteiger partial charge in [0.2, 0.25) is 0 Å². The number of aliphatic hydroxyl groups is 4. The molecule has 0 fully saturated rings. The number of ether oxygens (including phenoxy) is 3. The van der Waals surface area contributed by atoms with Crippen LogP contribution in [-0.4, -0.2) is 38.1 Å². The SMILES string of the molecule is Brc1cccc(Br)c1.C.COc1cccc(Oc2cccc(Oc3cccc(CO)c3)c2)c1.OCc1cccc(O)c1.[Cl][Cu].[K+].[K+].[K+].[O-]c1cccc(CO)c1.[O-]c1cccc(CO)c1.[OH-]. The Labute approximate surface area is 544 Å². The maximum atomic E-state index is 10.5. The zero-order valence-corrected chi connectivity index (χ0v) is 50.4. The van der Waals surface area contributed by atoms with Gasteiger partial charge in [0.25, 0.3) is 0 Å². The Morgan fingerprint density at radius 3 is 1.08 bits per heavy atom. The average Bonchev–Trinajstić information content (AvgIpc) is 3.28. The molecule has 342 valence electrons. The van der Waals surface area contributed by atoms with Crippen LogP contribution in [0.3, 0.4) is 0 Å². The summed E-state index contributed by atoms with van der Waals surface area (Å²) in [7, 11) is 5.82. The smallest absolute Gasteiger partial charge is 0.872 e. The fourth-order valence-electron chi connectivity index (χ4n) is 4.65. The Balaban J connectivity index is -0.000000386. The van der Waals surface area contributed by atoms with Crippen molar-refractivity contribution in [3.63, 3.8) is 0 Å². The summed E-state index contributed by atoms with van der Waals surface area (Å²) in [5.74, 6) is 3.50. The van der Waals surface area contributed by atoms with Crippen LogP contribution < -0.4 is 179 Å². The molecule has 0 heterocycles. The number of aliphatic hydroxyl groups excluding tert-OH is 4. The van der Waals surface area contributed by atoms with Crippen LogP contribution in [0.25, 0.3) is 0 Å². The summed E-state index contributed by atoms with van der Waals surface area (Å²) in [5.41, 5.74) is 2.87. The molecule has 0 unspecified atom stereocenters. The molecular formula is C48H49Br2ClCuK3O11. The van der Waals surface area contributed by atoms with Gasteiger partial charge in [-0.1, -0.05) is 130 Å². The van der Waals surface area contributed by atoms with Crippen molar-refractivity contribution in [3.8, 4) is 46.0 Å². The topological polar surface area (TPSA) is 205 Å². The van der Waals surface area contributed by atoms with Crippen LogP contribution in [0.15, 0.2) is 179 Å². The summed E-state index contributed by atoms with van der Waals surface area (Å²) in [6.07, 6.45) is 0. The van der Waals surface area contributed by atoms with Gasteiger partial charge in [0.1, 0.15) is 34.5 Å². The fourth-order valence-corrected chi connectivity index (χ4v) is 5.75. The molecule has 0 aliphatic heterocycles. The third-order valence-corrected chi connectivity index (χ3v) is 8.43. The molecule has 0 amide bonds. The molecule has 0 radical (unpaired) electrons. The molecule has 0 saturated carbocycles. The van der Waals surface area contributed by atoms with Crippen molar-refractivity contribution in [1.82, 2.24) is 0 Å². The first-order valence-electron chi connectivity index (χ1n) is 18.0. The van der Waals surface area contributed by atoms with E-state index in [2.05, 4.69) is 57.1 Å². The van der Waals surface area contributed by atoms with Crippen LogP contribution in [0.5, 0.6) is 46.0 Å². The second-order valence-corrected chi connectivity index (χ2v) is 13.9. The van der Waals surface area contributed by atoms with Crippen molar-refractivity contribution in [3.05, 3.63) is 201 Å². The molecule has 0 aliphatic rings. The van der Waals surface area contributed by atoms with E-state index >= 15 is 0 Å². The number of phenolic OH excluding ortho intramolecular Hbond substituents is 1.